The molecule has 1 aromatic rings. The van der Waals surface area contributed by atoms with Gasteiger partial charge >= 0.3 is 13.3 Å². The predicted molar refractivity (Wildman–Crippen MR) is 75.7 cm³/mol. The highest BCUT2D eigenvalue weighted by atomic mass is 19.4. The highest BCUT2D eigenvalue weighted by molar-refractivity contribution is 6.62. The van der Waals surface area contributed by atoms with Crippen molar-refractivity contribution >= 4 is 18.5 Å². The summed E-state index contributed by atoms with van der Waals surface area (Å²) in [5.41, 5.74) is 2.19. The van der Waals surface area contributed by atoms with Crippen LogP contribution in [0.3, 0.4) is 0 Å². The van der Waals surface area contributed by atoms with E-state index in [4.69, 9.17) is 15.0 Å². The van der Waals surface area contributed by atoms with Crippen LogP contribution in [-0.4, -0.2) is 24.2 Å². The van der Waals surface area contributed by atoms with Crippen LogP contribution in [-0.2, 0) is 15.5 Å². The summed E-state index contributed by atoms with van der Waals surface area (Å²) in [5, 5.41) is 0. The van der Waals surface area contributed by atoms with Gasteiger partial charge in [-0.05, 0) is 45.3 Å². The molecule has 0 spiro atoms. The average molecular weight is 315 g/mol. The molecule has 1 amide bonds. The maximum Gasteiger partial charge on any atom is 0.494 e. The van der Waals surface area contributed by atoms with E-state index in [9.17, 15) is 18.0 Å². The predicted octanol–water partition coefficient (Wildman–Crippen LogP) is 2.10. The van der Waals surface area contributed by atoms with Crippen molar-refractivity contribution in [2.45, 2.75) is 45.1 Å². The van der Waals surface area contributed by atoms with Gasteiger partial charge in [-0.15, -0.1) is 0 Å². The van der Waals surface area contributed by atoms with Gasteiger partial charge in [-0.1, -0.05) is 6.07 Å². The Morgan fingerprint density at radius 2 is 1.64 bits per heavy atom. The van der Waals surface area contributed by atoms with Gasteiger partial charge < -0.3 is 15.0 Å². The fourth-order valence-corrected chi connectivity index (χ4v) is 2.14. The maximum atomic E-state index is 13.1. The Balaban J connectivity index is 2.45. The zero-order valence-electron chi connectivity index (χ0n) is 12.7. The first-order valence-corrected chi connectivity index (χ1v) is 6.72. The van der Waals surface area contributed by atoms with Gasteiger partial charge in [-0.3, -0.25) is 4.79 Å². The molecule has 1 aliphatic heterocycles. The molecule has 0 aliphatic carbocycles. The van der Waals surface area contributed by atoms with E-state index in [2.05, 4.69) is 0 Å². The van der Waals surface area contributed by atoms with Crippen LogP contribution < -0.4 is 11.2 Å². The minimum atomic E-state index is -4.69. The van der Waals surface area contributed by atoms with Crippen molar-refractivity contribution in [3.05, 3.63) is 29.3 Å². The van der Waals surface area contributed by atoms with Crippen molar-refractivity contribution in [2.24, 2.45) is 5.73 Å². The summed E-state index contributed by atoms with van der Waals surface area (Å²) < 4.78 is 50.7. The van der Waals surface area contributed by atoms with Gasteiger partial charge in [-0.25, -0.2) is 0 Å². The molecule has 2 N–H and O–H groups in total. The molecular weight excluding hydrogens is 298 g/mol. The second kappa shape index (κ2) is 4.99. The van der Waals surface area contributed by atoms with Gasteiger partial charge in [-0.2, -0.15) is 13.2 Å². The SMILES string of the molecule is CC1(C)OB(c2ccc(C(N)=O)c(C(F)(F)F)c2)OC1(C)C. The summed E-state index contributed by atoms with van der Waals surface area (Å²) in [5.74, 6) is -1.13. The number of nitrogens with two attached hydrogens (primary N) is 1. The van der Waals surface area contributed by atoms with E-state index < -0.39 is 41.5 Å². The Morgan fingerprint density at radius 1 is 1.14 bits per heavy atom. The molecule has 1 saturated heterocycles. The summed E-state index contributed by atoms with van der Waals surface area (Å²) >= 11 is 0. The molecule has 4 nitrogen and oxygen atoms in total. The van der Waals surface area contributed by atoms with Gasteiger partial charge in [0.15, 0.2) is 0 Å². The Kier molecular flexibility index (Phi) is 3.82. The van der Waals surface area contributed by atoms with Gasteiger partial charge in [0.25, 0.3) is 0 Å². The second-order valence-corrected chi connectivity index (χ2v) is 6.26. The highest BCUT2D eigenvalue weighted by Crippen LogP contribution is 2.37. The monoisotopic (exact) mass is 315 g/mol. The zero-order valence-corrected chi connectivity index (χ0v) is 12.7. The van der Waals surface area contributed by atoms with Crippen molar-refractivity contribution in [3.63, 3.8) is 0 Å². The largest absolute Gasteiger partial charge is 0.494 e. The molecule has 0 unspecified atom stereocenters. The van der Waals surface area contributed by atoms with E-state index in [1.165, 1.54) is 6.07 Å². The van der Waals surface area contributed by atoms with Crippen LogP contribution in [0.4, 0.5) is 13.2 Å². The second-order valence-electron chi connectivity index (χ2n) is 6.26. The molecular formula is C14H17BF3NO3. The van der Waals surface area contributed by atoms with Gasteiger partial charge in [0, 0.05) is 0 Å². The normalized spacial score (nSPS) is 20.2. The average Bonchev–Trinajstić information content (AvgIpc) is 2.56. The quantitative estimate of drug-likeness (QED) is 0.850. The molecule has 1 aliphatic rings. The van der Waals surface area contributed by atoms with Crippen LogP contribution in [0, 0.1) is 0 Å². The van der Waals surface area contributed by atoms with Crippen LogP contribution in [0.25, 0.3) is 0 Å². The van der Waals surface area contributed by atoms with Crippen LogP contribution in [0.2, 0.25) is 0 Å². The fourth-order valence-electron chi connectivity index (χ4n) is 2.14. The number of amides is 1. The summed E-state index contributed by atoms with van der Waals surface area (Å²) in [6.45, 7) is 7.20. The van der Waals surface area contributed by atoms with E-state index in [0.717, 1.165) is 12.1 Å². The molecule has 1 heterocycles. The highest BCUT2D eigenvalue weighted by Gasteiger charge is 2.52. The van der Waals surface area contributed by atoms with E-state index in [-0.39, 0.29) is 5.46 Å². The molecule has 0 bridgehead atoms. The summed E-state index contributed by atoms with van der Waals surface area (Å²) in [6.07, 6.45) is -4.69. The maximum absolute atomic E-state index is 13.1. The molecule has 22 heavy (non-hydrogen) atoms. The van der Waals surface area contributed by atoms with Gasteiger partial charge in [0.1, 0.15) is 0 Å². The third-order valence-electron chi connectivity index (χ3n) is 4.14. The van der Waals surface area contributed by atoms with E-state index in [1.54, 1.807) is 27.7 Å². The fraction of sp³-hybridized carbons (Fsp3) is 0.500. The lowest BCUT2D eigenvalue weighted by atomic mass is 9.77. The van der Waals surface area contributed by atoms with Crippen molar-refractivity contribution in [1.29, 1.82) is 0 Å². The van der Waals surface area contributed by atoms with Gasteiger partial charge in [0.2, 0.25) is 5.91 Å². The summed E-state index contributed by atoms with van der Waals surface area (Å²) in [4.78, 5) is 11.2. The number of hydrogen-bond donors (Lipinski definition) is 1. The lowest BCUT2D eigenvalue weighted by Gasteiger charge is -2.32. The van der Waals surface area contributed by atoms with Crippen LogP contribution in [0.15, 0.2) is 18.2 Å². The molecule has 1 aromatic carbocycles. The molecule has 0 atom stereocenters. The number of alkyl halides is 3. The Bertz CT molecular complexity index is 598. The number of primary amides is 1. The smallest absolute Gasteiger partial charge is 0.399 e. The molecule has 2 rings (SSSR count). The van der Waals surface area contributed by atoms with E-state index in [0.29, 0.717) is 0 Å². The van der Waals surface area contributed by atoms with Crippen molar-refractivity contribution in [1.82, 2.24) is 0 Å². The van der Waals surface area contributed by atoms with Crippen molar-refractivity contribution in [2.75, 3.05) is 0 Å². The number of carbonyl (C=O) groups is 1. The van der Waals surface area contributed by atoms with E-state index in [1.807, 2.05) is 0 Å². The minimum Gasteiger partial charge on any atom is -0.399 e. The molecule has 8 heteroatoms. The Labute approximate surface area is 126 Å². The Morgan fingerprint density at radius 3 is 2.05 bits per heavy atom. The molecule has 1 fully saturated rings. The van der Waals surface area contributed by atoms with Gasteiger partial charge in [0.05, 0.1) is 22.3 Å². The topological polar surface area (TPSA) is 61.5 Å². The van der Waals surface area contributed by atoms with Crippen molar-refractivity contribution in [3.8, 4) is 0 Å². The lowest BCUT2D eigenvalue weighted by Crippen LogP contribution is -2.41. The molecule has 0 aromatic heterocycles. The van der Waals surface area contributed by atoms with Crippen LogP contribution >= 0.6 is 0 Å². The van der Waals surface area contributed by atoms with Crippen LogP contribution in [0.1, 0.15) is 43.6 Å². The standard InChI is InChI=1S/C14H17BF3NO3/c1-12(2)13(3,4)22-15(21-12)8-5-6-9(11(19)20)10(7-8)14(16,17)18/h5-7H,1-4H3,(H2,19,20). The summed E-state index contributed by atoms with van der Waals surface area (Å²) in [7, 11) is -0.937. The number of rotatable bonds is 2. The Hall–Kier alpha value is -1.54. The van der Waals surface area contributed by atoms with Crippen LogP contribution in [0.5, 0.6) is 0 Å². The third kappa shape index (κ3) is 2.85. The first kappa shape index (κ1) is 16.8. The molecule has 0 saturated carbocycles. The third-order valence-corrected chi connectivity index (χ3v) is 4.14. The number of halogens is 3. The minimum absolute atomic E-state index is 0.191. The lowest BCUT2D eigenvalue weighted by molar-refractivity contribution is -0.137. The first-order chi connectivity index (χ1) is 9.85. The van der Waals surface area contributed by atoms with Crippen molar-refractivity contribution < 1.29 is 27.3 Å². The summed E-state index contributed by atoms with van der Waals surface area (Å²) in [6, 6.07) is 3.26. The number of carbonyl (C=O) groups excluding carboxylic acids is 1. The number of benzene rings is 1. The zero-order chi connectivity index (χ0) is 16.9. The first-order valence-electron chi connectivity index (χ1n) is 6.72. The molecule has 120 valence electrons. The molecule has 0 radical (unpaired) electrons. The van der Waals surface area contributed by atoms with E-state index >= 15 is 0 Å². The number of hydrogen-bond acceptors (Lipinski definition) is 3.